The minimum absolute atomic E-state index is 0.0498. The summed E-state index contributed by atoms with van der Waals surface area (Å²) in [5.41, 5.74) is 10.5. The Labute approximate surface area is 90.6 Å². The number of nitrogens with one attached hydrogen (secondary N) is 1. The Morgan fingerprint density at radius 3 is 2.40 bits per heavy atom. The summed E-state index contributed by atoms with van der Waals surface area (Å²) in [6.45, 7) is 2.31. The number of unbranched alkanes of at least 4 members (excludes halogenated alkanes) is 1. The van der Waals surface area contributed by atoms with Gasteiger partial charge in [0, 0.05) is 6.42 Å². The van der Waals surface area contributed by atoms with Crippen LogP contribution in [-0.2, 0) is 9.59 Å². The molecule has 88 valence electrons. The zero-order valence-electron chi connectivity index (χ0n) is 9.29. The first-order valence-corrected chi connectivity index (χ1v) is 5.37. The van der Waals surface area contributed by atoms with E-state index in [9.17, 15) is 9.59 Å². The van der Waals surface area contributed by atoms with Crippen molar-refractivity contribution in [3.05, 3.63) is 0 Å². The van der Waals surface area contributed by atoms with E-state index in [-0.39, 0.29) is 18.2 Å². The summed E-state index contributed by atoms with van der Waals surface area (Å²) in [6.07, 6.45) is 2.79. The lowest BCUT2D eigenvalue weighted by molar-refractivity contribution is -0.127. The van der Waals surface area contributed by atoms with E-state index in [0.29, 0.717) is 19.4 Å². The third-order valence-electron chi connectivity index (χ3n) is 2.20. The van der Waals surface area contributed by atoms with Gasteiger partial charge in [0.05, 0.1) is 12.6 Å². The Kier molecular flexibility index (Phi) is 7.85. The van der Waals surface area contributed by atoms with Crippen LogP contribution in [0.4, 0.5) is 0 Å². The van der Waals surface area contributed by atoms with Gasteiger partial charge < -0.3 is 16.8 Å². The SMILES string of the molecule is CCC(=O)[C@H](CCCCN)NC(=O)CN. The molecular weight excluding hydrogens is 194 g/mol. The summed E-state index contributed by atoms with van der Waals surface area (Å²) in [5, 5.41) is 2.62. The van der Waals surface area contributed by atoms with Gasteiger partial charge in [0.2, 0.25) is 5.91 Å². The minimum Gasteiger partial charge on any atom is -0.345 e. The predicted octanol–water partition coefficient (Wildman–Crippen LogP) is -0.462. The van der Waals surface area contributed by atoms with Crippen LogP contribution in [0.2, 0.25) is 0 Å². The van der Waals surface area contributed by atoms with Crippen molar-refractivity contribution >= 4 is 11.7 Å². The molecule has 1 amide bonds. The molecule has 0 rings (SSSR count). The lowest BCUT2D eigenvalue weighted by Crippen LogP contribution is -2.43. The molecule has 0 saturated heterocycles. The average Bonchev–Trinajstić information content (AvgIpc) is 2.26. The standard InChI is InChI=1S/C10H21N3O2/c1-2-9(14)8(5-3-4-6-11)13-10(15)7-12/h8H,2-7,11-12H2,1H3,(H,13,15)/t8-/m0/s1. The number of rotatable bonds is 8. The zero-order chi connectivity index (χ0) is 11.7. The molecule has 0 spiro atoms. The molecule has 0 fully saturated rings. The van der Waals surface area contributed by atoms with Crippen LogP contribution in [0.25, 0.3) is 0 Å². The van der Waals surface area contributed by atoms with Gasteiger partial charge in [-0.25, -0.2) is 0 Å². The number of nitrogens with two attached hydrogens (primary N) is 2. The highest BCUT2D eigenvalue weighted by Gasteiger charge is 2.17. The molecule has 0 aromatic carbocycles. The Hall–Kier alpha value is -0.940. The van der Waals surface area contributed by atoms with E-state index in [0.717, 1.165) is 12.8 Å². The topological polar surface area (TPSA) is 98.2 Å². The van der Waals surface area contributed by atoms with Crippen LogP contribution in [0.15, 0.2) is 0 Å². The van der Waals surface area contributed by atoms with Gasteiger partial charge in [0.25, 0.3) is 0 Å². The minimum atomic E-state index is -0.391. The van der Waals surface area contributed by atoms with E-state index in [1.165, 1.54) is 0 Å². The van der Waals surface area contributed by atoms with E-state index in [2.05, 4.69) is 5.32 Å². The molecule has 1 atom stereocenters. The molecule has 0 aromatic rings. The number of ketones is 1. The van der Waals surface area contributed by atoms with Crippen molar-refractivity contribution in [2.24, 2.45) is 11.5 Å². The van der Waals surface area contributed by atoms with Crippen molar-refractivity contribution in [3.8, 4) is 0 Å². The number of Topliss-reactive ketones (excluding diaryl/α,β-unsaturated/α-hetero) is 1. The van der Waals surface area contributed by atoms with E-state index in [1.54, 1.807) is 6.92 Å². The van der Waals surface area contributed by atoms with Crippen molar-refractivity contribution < 1.29 is 9.59 Å². The monoisotopic (exact) mass is 215 g/mol. The highest BCUT2D eigenvalue weighted by Crippen LogP contribution is 2.03. The molecule has 5 N–H and O–H groups in total. The number of amides is 1. The maximum Gasteiger partial charge on any atom is 0.234 e. The summed E-state index contributed by atoms with van der Waals surface area (Å²) in [5.74, 6) is -0.233. The second kappa shape index (κ2) is 8.38. The molecule has 0 unspecified atom stereocenters. The van der Waals surface area contributed by atoms with Gasteiger partial charge in [-0.3, -0.25) is 9.59 Å². The second-order valence-electron chi connectivity index (χ2n) is 3.43. The maximum absolute atomic E-state index is 11.5. The van der Waals surface area contributed by atoms with Crippen molar-refractivity contribution in [1.29, 1.82) is 0 Å². The van der Waals surface area contributed by atoms with E-state index >= 15 is 0 Å². The molecule has 5 heteroatoms. The first-order valence-electron chi connectivity index (χ1n) is 5.37. The lowest BCUT2D eigenvalue weighted by Gasteiger charge is -2.16. The summed E-state index contributed by atoms with van der Waals surface area (Å²) >= 11 is 0. The van der Waals surface area contributed by atoms with Gasteiger partial charge in [0.15, 0.2) is 5.78 Å². The van der Waals surface area contributed by atoms with Gasteiger partial charge in [-0.05, 0) is 25.8 Å². The van der Waals surface area contributed by atoms with Crippen LogP contribution in [0.5, 0.6) is 0 Å². The van der Waals surface area contributed by atoms with E-state index < -0.39 is 6.04 Å². The Bertz CT molecular complexity index is 207. The smallest absolute Gasteiger partial charge is 0.234 e. The molecule has 0 aliphatic heterocycles. The molecule has 0 aromatic heterocycles. The van der Waals surface area contributed by atoms with Crippen LogP contribution >= 0.6 is 0 Å². The molecule has 0 saturated carbocycles. The zero-order valence-corrected chi connectivity index (χ0v) is 9.29. The fraction of sp³-hybridized carbons (Fsp3) is 0.800. The number of hydrogen-bond acceptors (Lipinski definition) is 4. The molecular formula is C10H21N3O2. The summed E-state index contributed by atoms with van der Waals surface area (Å²) in [6, 6.07) is -0.391. The summed E-state index contributed by atoms with van der Waals surface area (Å²) < 4.78 is 0. The third-order valence-corrected chi connectivity index (χ3v) is 2.20. The lowest BCUT2D eigenvalue weighted by atomic mass is 10.0. The first-order chi connectivity index (χ1) is 7.15. The molecule has 0 radical (unpaired) electrons. The van der Waals surface area contributed by atoms with Crippen molar-refractivity contribution in [2.75, 3.05) is 13.1 Å². The first kappa shape index (κ1) is 14.1. The van der Waals surface area contributed by atoms with Crippen LogP contribution in [0, 0.1) is 0 Å². The van der Waals surface area contributed by atoms with Crippen molar-refractivity contribution in [3.63, 3.8) is 0 Å². The molecule has 5 nitrogen and oxygen atoms in total. The largest absolute Gasteiger partial charge is 0.345 e. The second-order valence-corrected chi connectivity index (χ2v) is 3.43. The van der Waals surface area contributed by atoms with E-state index in [4.69, 9.17) is 11.5 Å². The van der Waals surface area contributed by atoms with Gasteiger partial charge in [-0.2, -0.15) is 0 Å². The maximum atomic E-state index is 11.5. The van der Waals surface area contributed by atoms with Crippen LogP contribution in [0.1, 0.15) is 32.6 Å². The highest BCUT2D eigenvalue weighted by molar-refractivity contribution is 5.89. The van der Waals surface area contributed by atoms with Crippen LogP contribution < -0.4 is 16.8 Å². The van der Waals surface area contributed by atoms with Crippen molar-refractivity contribution in [2.45, 2.75) is 38.6 Å². The van der Waals surface area contributed by atoms with Crippen LogP contribution in [0.3, 0.4) is 0 Å². The molecule has 0 aliphatic carbocycles. The number of carbonyl (C=O) groups excluding carboxylic acids is 2. The van der Waals surface area contributed by atoms with Crippen LogP contribution in [-0.4, -0.2) is 30.8 Å². The molecule has 0 aliphatic rings. The Balaban J connectivity index is 4.06. The van der Waals surface area contributed by atoms with Crippen molar-refractivity contribution in [1.82, 2.24) is 5.32 Å². The molecule has 0 bridgehead atoms. The summed E-state index contributed by atoms with van der Waals surface area (Å²) in [4.78, 5) is 22.5. The molecule has 0 heterocycles. The quantitative estimate of drug-likeness (QED) is 0.477. The van der Waals surface area contributed by atoms with E-state index in [1.807, 2.05) is 0 Å². The fourth-order valence-electron chi connectivity index (χ4n) is 1.31. The number of carbonyl (C=O) groups is 2. The fourth-order valence-corrected chi connectivity index (χ4v) is 1.31. The highest BCUT2D eigenvalue weighted by atomic mass is 16.2. The number of hydrogen-bond donors (Lipinski definition) is 3. The van der Waals surface area contributed by atoms with Gasteiger partial charge in [0.1, 0.15) is 0 Å². The predicted molar refractivity (Wildman–Crippen MR) is 59.2 cm³/mol. The molecule has 15 heavy (non-hydrogen) atoms. The van der Waals surface area contributed by atoms with Gasteiger partial charge in [-0.15, -0.1) is 0 Å². The Morgan fingerprint density at radius 2 is 1.93 bits per heavy atom. The Morgan fingerprint density at radius 1 is 1.27 bits per heavy atom. The van der Waals surface area contributed by atoms with Gasteiger partial charge in [-0.1, -0.05) is 6.92 Å². The average molecular weight is 215 g/mol. The third kappa shape index (κ3) is 6.19. The summed E-state index contributed by atoms with van der Waals surface area (Å²) in [7, 11) is 0. The normalized spacial score (nSPS) is 12.2. The van der Waals surface area contributed by atoms with Gasteiger partial charge >= 0.3 is 0 Å².